The van der Waals surface area contributed by atoms with Crippen LogP contribution in [0, 0.1) is 0 Å². The summed E-state index contributed by atoms with van der Waals surface area (Å²) in [6, 6.07) is 15.2. The summed E-state index contributed by atoms with van der Waals surface area (Å²) in [4.78, 5) is 12.6. The van der Waals surface area contributed by atoms with Crippen molar-refractivity contribution in [2.24, 2.45) is 0 Å². The fourth-order valence-corrected chi connectivity index (χ4v) is 5.19. The SMILES string of the molecule is CN(c1ccccc1)S(=O)(=O)c1cccc(C(=O)NC2CCSCC2)c1. The van der Waals surface area contributed by atoms with Gasteiger partial charge in [-0.25, -0.2) is 8.42 Å². The third-order valence-electron chi connectivity index (χ3n) is 4.43. The number of thioether (sulfide) groups is 1. The highest BCUT2D eigenvalue weighted by atomic mass is 32.2. The molecule has 0 saturated carbocycles. The Balaban J connectivity index is 1.80. The topological polar surface area (TPSA) is 66.5 Å². The summed E-state index contributed by atoms with van der Waals surface area (Å²) < 4.78 is 27.0. The van der Waals surface area contributed by atoms with E-state index < -0.39 is 10.0 Å². The molecular formula is C19H22N2O3S2. The quantitative estimate of drug-likeness (QED) is 0.852. The Hall–Kier alpha value is -1.99. The number of benzene rings is 2. The van der Waals surface area contributed by atoms with Crippen LogP contribution in [0.2, 0.25) is 0 Å². The molecule has 26 heavy (non-hydrogen) atoms. The van der Waals surface area contributed by atoms with Crippen molar-refractivity contribution in [1.82, 2.24) is 5.32 Å². The van der Waals surface area contributed by atoms with Gasteiger partial charge >= 0.3 is 0 Å². The second-order valence-electron chi connectivity index (χ2n) is 6.20. The molecule has 0 unspecified atom stereocenters. The van der Waals surface area contributed by atoms with Gasteiger partial charge in [-0.05, 0) is 54.7 Å². The average molecular weight is 391 g/mol. The third kappa shape index (κ3) is 4.22. The summed E-state index contributed by atoms with van der Waals surface area (Å²) in [5.41, 5.74) is 0.938. The molecule has 2 aromatic rings. The second kappa shape index (κ2) is 8.14. The maximum Gasteiger partial charge on any atom is 0.264 e. The molecule has 1 saturated heterocycles. The Morgan fingerprint density at radius 2 is 1.77 bits per heavy atom. The van der Waals surface area contributed by atoms with Gasteiger partial charge in [0.1, 0.15) is 0 Å². The van der Waals surface area contributed by atoms with Gasteiger partial charge in [0.15, 0.2) is 0 Å². The Morgan fingerprint density at radius 1 is 1.08 bits per heavy atom. The summed E-state index contributed by atoms with van der Waals surface area (Å²) in [5.74, 6) is 1.86. The lowest BCUT2D eigenvalue weighted by molar-refractivity contribution is 0.0934. The van der Waals surface area contributed by atoms with Crippen molar-refractivity contribution in [3.8, 4) is 0 Å². The number of anilines is 1. The molecule has 1 amide bonds. The van der Waals surface area contributed by atoms with Gasteiger partial charge in [0, 0.05) is 18.7 Å². The average Bonchev–Trinajstić information content (AvgIpc) is 2.69. The van der Waals surface area contributed by atoms with Crippen LogP contribution in [0.25, 0.3) is 0 Å². The standard InChI is InChI=1S/C19H22N2O3S2/c1-21(17-7-3-2-4-8-17)26(23,24)18-9-5-6-15(14-18)19(22)20-16-10-12-25-13-11-16/h2-9,14,16H,10-13H2,1H3,(H,20,22). The summed E-state index contributed by atoms with van der Waals surface area (Å²) in [7, 11) is -2.22. The molecule has 0 spiro atoms. The summed E-state index contributed by atoms with van der Waals surface area (Å²) in [5, 5.41) is 3.01. The van der Waals surface area contributed by atoms with Crippen molar-refractivity contribution >= 4 is 33.4 Å². The van der Waals surface area contributed by atoms with Crippen molar-refractivity contribution in [2.75, 3.05) is 22.9 Å². The summed E-state index contributed by atoms with van der Waals surface area (Å²) in [6.07, 6.45) is 1.90. The number of carbonyl (C=O) groups excluding carboxylic acids is 1. The molecule has 0 bridgehead atoms. The Morgan fingerprint density at radius 3 is 2.46 bits per heavy atom. The number of amides is 1. The number of hydrogen-bond donors (Lipinski definition) is 1. The molecule has 0 radical (unpaired) electrons. The number of nitrogens with zero attached hydrogens (tertiary/aromatic N) is 1. The van der Waals surface area contributed by atoms with Crippen molar-refractivity contribution < 1.29 is 13.2 Å². The third-order valence-corrected chi connectivity index (χ3v) is 7.26. The molecule has 5 nitrogen and oxygen atoms in total. The van der Waals surface area contributed by atoms with Crippen molar-refractivity contribution in [2.45, 2.75) is 23.8 Å². The molecule has 0 atom stereocenters. The molecule has 138 valence electrons. The van der Waals surface area contributed by atoms with E-state index >= 15 is 0 Å². The van der Waals surface area contributed by atoms with Gasteiger partial charge in [0.2, 0.25) is 0 Å². The zero-order chi connectivity index (χ0) is 18.6. The number of carbonyl (C=O) groups is 1. The minimum Gasteiger partial charge on any atom is -0.349 e. The van der Waals surface area contributed by atoms with Gasteiger partial charge in [0.25, 0.3) is 15.9 Å². The molecule has 1 fully saturated rings. The van der Waals surface area contributed by atoms with Gasteiger partial charge in [0.05, 0.1) is 10.6 Å². The van der Waals surface area contributed by atoms with Crippen molar-refractivity contribution in [1.29, 1.82) is 0 Å². The van der Waals surface area contributed by atoms with Crippen LogP contribution in [0.1, 0.15) is 23.2 Å². The monoisotopic (exact) mass is 390 g/mol. The lowest BCUT2D eigenvalue weighted by Gasteiger charge is -2.23. The van der Waals surface area contributed by atoms with E-state index in [-0.39, 0.29) is 16.8 Å². The van der Waals surface area contributed by atoms with Crippen molar-refractivity contribution in [3.05, 3.63) is 60.2 Å². The first-order valence-corrected chi connectivity index (χ1v) is 11.1. The van der Waals surface area contributed by atoms with Crippen LogP contribution in [-0.2, 0) is 10.0 Å². The molecule has 2 aromatic carbocycles. The fraction of sp³-hybridized carbons (Fsp3) is 0.316. The maximum absolute atomic E-state index is 12.9. The van der Waals surface area contributed by atoms with Crippen LogP contribution in [0.4, 0.5) is 5.69 Å². The van der Waals surface area contributed by atoms with Crippen LogP contribution in [0.3, 0.4) is 0 Å². The van der Waals surface area contributed by atoms with E-state index in [1.165, 1.54) is 23.5 Å². The smallest absolute Gasteiger partial charge is 0.264 e. The van der Waals surface area contributed by atoms with Crippen LogP contribution < -0.4 is 9.62 Å². The van der Waals surface area contributed by atoms with E-state index in [9.17, 15) is 13.2 Å². The maximum atomic E-state index is 12.9. The molecule has 1 N–H and O–H groups in total. The molecule has 1 heterocycles. The number of para-hydroxylation sites is 1. The lowest BCUT2D eigenvalue weighted by atomic mass is 10.1. The summed E-state index contributed by atoms with van der Waals surface area (Å²) >= 11 is 1.89. The number of nitrogens with one attached hydrogen (secondary N) is 1. The lowest BCUT2D eigenvalue weighted by Crippen LogP contribution is -2.37. The van der Waals surface area contributed by atoms with Crippen LogP contribution >= 0.6 is 11.8 Å². The van der Waals surface area contributed by atoms with Crippen LogP contribution in [0.5, 0.6) is 0 Å². The van der Waals surface area contributed by atoms with Crippen LogP contribution in [0.15, 0.2) is 59.5 Å². The van der Waals surface area contributed by atoms with E-state index in [0.717, 1.165) is 24.3 Å². The minimum absolute atomic E-state index is 0.107. The highest BCUT2D eigenvalue weighted by Gasteiger charge is 2.23. The summed E-state index contributed by atoms with van der Waals surface area (Å²) in [6.45, 7) is 0. The Bertz CT molecular complexity index is 863. The first-order valence-electron chi connectivity index (χ1n) is 8.51. The molecule has 0 aliphatic carbocycles. The fourth-order valence-electron chi connectivity index (χ4n) is 2.84. The van der Waals surface area contributed by atoms with Gasteiger partial charge in [-0.15, -0.1) is 0 Å². The predicted molar refractivity (Wildman–Crippen MR) is 106 cm³/mol. The van der Waals surface area contributed by atoms with E-state index in [1.54, 1.807) is 36.4 Å². The second-order valence-corrected chi connectivity index (χ2v) is 9.39. The minimum atomic E-state index is -3.73. The Kier molecular flexibility index (Phi) is 5.88. The van der Waals surface area contributed by atoms with E-state index in [2.05, 4.69) is 5.32 Å². The molecular weight excluding hydrogens is 368 g/mol. The first-order chi connectivity index (χ1) is 12.5. The number of hydrogen-bond acceptors (Lipinski definition) is 4. The van der Waals surface area contributed by atoms with Crippen molar-refractivity contribution in [3.63, 3.8) is 0 Å². The largest absolute Gasteiger partial charge is 0.349 e. The van der Waals surface area contributed by atoms with Crippen LogP contribution in [-0.4, -0.2) is 38.9 Å². The number of sulfonamides is 1. The molecule has 1 aliphatic rings. The molecule has 1 aliphatic heterocycles. The highest BCUT2D eigenvalue weighted by Crippen LogP contribution is 2.23. The van der Waals surface area contributed by atoms with E-state index in [0.29, 0.717) is 11.3 Å². The van der Waals surface area contributed by atoms with Gasteiger partial charge in [-0.1, -0.05) is 24.3 Å². The first kappa shape index (κ1) is 18.8. The van der Waals surface area contributed by atoms with Gasteiger partial charge < -0.3 is 5.32 Å². The van der Waals surface area contributed by atoms with Gasteiger partial charge in [-0.3, -0.25) is 9.10 Å². The molecule has 7 heteroatoms. The van der Waals surface area contributed by atoms with E-state index in [4.69, 9.17) is 0 Å². The normalized spacial score (nSPS) is 15.4. The predicted octanol–water partition coefficient (Wildman–Crippen LogP) is 3.14. The Labute approximate surface area is 158 Å². The van der Waals surface area contributed by atoms with Gasteiger partial charge in [-0.2, -0.15) is 11.8 Å². The van der Waals surface area contributed by atoms with E-state index in [1.807, 2.05) is 17.8 Å². The number of rotatable bonds is 5. The molecule has 0 aromatic heterocycles. The molecule has 3 rings (SSSR count). The zero-order valence-corrected chi connectivity index (χ0v) is 16.2. The highest BCUT2D eigenvalue weighted by molar-refractivity contribution is 7.99. The zero-order valence-electron chi connectivity index (χ0n) is 14.6.